The molecule has 0 saturated carbocycles. The van der Waals surface area contributed by atoms with Gasteiger partial charge in [-0.05, 0) is 61.1 Å². The molecule has 1 aromatic heterocycles. The standard InChI is InChI=1S/C20H25N3O/c1-3-13-12-23-9-7-14(13)10-19(23)20(21)16-6-8-22-18-5-4-15(24-2)11-17(16)18/h3-6,8,11,13-14,19-20H,1,7,9-10,12,21H2,2H3/t13?,14-,19?,20+/m0/s1. The third kappa shape index (κ3) is 2.50. The second-order valence-electron chi connectivity index (χ2n) is 7.06. The summed E-state index contributed by atoms with van der Waals surface area (Å²) in [5.74, 6) is 2.20. The third-order valence-corrected chi connectivity index (χ3v) is 5.91. The average molecular weight is 323 g/mol. The van der Waals surface area contributed by atoms with E-state index in [0.717, 1.165) is 42.1 Å². The fourth-order valence-corrected chi connectivity index (χ4v) is 4.52. The molecule has 3 unspecified atom stereocenters. The molecule has 126 valence electrons. The van der Waals surface area contributed by atoms with Crippen LogP contribution >= 0.6 is 0 Å². The highest BCUT2D eigenvalue weighted by atomic mass is 16.5. The van der Waals surface area contributed by atoms with Crippen molar-refractivity contribution in [2.24, 2.45) is 17.6 Å². The SMILES string of the molecule is C=CC1CN2CC[C@H]1CC2[C@H](N)c1ccnc2ccc(OC)cc12. The van der Waals surface area contributed by atoms with E-state index in [0.29, 0.717) is 12.0 Å². The normalized spacial score (nSPS) is 30.2. The largest absolute Gasteiger partial charge is 0.497 e. The Morgan fingerprint density at radius 3 is 3.00 bits per heavy atom. The van der Waals surface area contributed by atoms with E-state index in [-0.39, 0.29) is 6.04 Å². The zero-order valence-corrected chi connectivity index (χ0v) is 14.2. The Hall–Kier alpha value is -1.91. The van der Waals surface area contributed by atoms with Crippen molar-refractivity contribution >= 4 is 10.9 Å². The molecule has 4 nitrogen and oxygen atoms in total. The molecular formula is C20H25N3O. The monoisotopic (exact) mass is 323 g/mol. The third-order valence-electron chi connectivity index (χ3n) is 5.91. The lowest BCUT2D eigenvalue weighted by molar-refractivity contribution is 0.00749. The highest BCUT2D eigenvalue weighted by molar-refractivity contribution is 5.84. The maximum absolute atomic E-state index is 6.76. The number of methoxy groups -OCH3 is 1. The molecule has 5 rings (SSSR count). The molecule has 2 N–H and O–H groups in total. The van der Waals surface area contributed by atoms with Gasteiger partial charge in [-0.25, -0.2) is 0 Å². The summed E-state index contributed by atoms with van der Waals surface area (Å²) >= 11 is 0. The Balaban J connectivity index is 1.69. The van der Waals surface area contributed by atoms with E-state index in [1.165, 1.54) is 12.0 Å². The molecule has 3 fully saturated rings. The van der Waals surface area contributed by atoms with Gasteiger partial charge in [0.2, 0.25) is 0 Å². The van der Waals surface area contributed by atoms with Crippen LogP contribution in [0.1, 0.15) is 24.4 Å². The minimum absolute atomic E-state index is 0.00354. The summed E-state index contributed by atoms with van der Waals surface area (Å²) in [4.78, 5) is 7.04. The molecule has 1 aromatic carbocycles. The van der Waals surface area contributed by atoms with Gasteiger partial charge in [-0.2, -0.15) is 0 Å². The summed E-state index contributed by atoms with van der Waals surface area (Å²) in [7, 11) is 1.69. The minimum Gasteiger partial charge on any atom is -0.497 e. The van der Waals surface area contributed by atoms with Crippen molar-refractivity contribution in [3.8, 4) is 5.75 Å². The van der Waals surface area contributed by atoms with Crippen LogP contribution in [-0.2, 0) is 0 Å². The quantitative estimate of drug-likeness (QED) is 0.878. The summed E-state index contributed by atoms with van der Waals surface area (Å²) in [6.45, 7) is 6.26. The first-order valence-electron chi connectivity index (χ1n) is 8.76. The number of ether oxygens (including phenoxy) is 1. The number of nitrogens with two attached hydrogens (primary N) is 1. The molecule has 2 aromatic rings. The van der Waals surface area contributed by atoms with Crippen LogP contribution in [0.2, 0.25) is 0 Å². The number of fused-ring (bicyclic) bond motifs is 4. The number of nitrogens with zero attached hydrogens (tertiary/aromatic N) is 2. The first-order valence-corrected chi connectivity index (χ1v) is 8.76. The van der Waals surface area contributed by atoms with Gasteiger partial charge in [-0.3, -0.25) is 9.88 Å². The summed E-state index contributed by atoms with van der Waals surface area (Å²) in [6.07, 6.45) is 6.43. The molecule has 4 heteroatoms. The van der Waals surface area contributed by atoms with Gasteiger partial charge in [0.25, 0.3) is 0 Å². The molecule has 3 aliphatic heterocycles. The molecule has 5 atom stereocenters. The topological polar surface area (TPSA) is 51.4 Å². The summed E-state index contributed by atoms with van der Waals surface area (Å²) in [6, 6.07) is 8.48. The maximum atomic E-state index is 6.76. The van der Waals surface area contributed by atoms with Gasteiger partial charge < -0.3 is 10.5 Å². The van der Waals surface area contributed by atoms with E-state index in [1.54, 1.807) is 7.11 Å². The Kier molecular flexibility index (Phi) is 4.02. The van der Waals surface area contributed by atoms with Crippen LogP contribution in [0.25, 0.3) is 10.9 Å². The molecule has 2 bridgehead atoms. The van der Waals surface area contributed by atoms with E-state index in [2.05, 4.69) is 34.7 Å². The van der Waals surface area contributed by atoms with Crippen molar-refractivity contribution < 1.29 is 4.74 Å². The molecule has 0 spiro atoms. The number of benzene rings is 1. The van der Waals surface area contributed by atoms with Crippen molar-refractivity contribution in [2.75, 3.05) is 20.2 Å². The van der Waals surface area contributed by atoms with Crippen LogP contribution < -0.4 is 10.5 Å². The van der Waals surface area contributed by atoms with Crippen molar-refractivity contribution in [2.45, 2.75) is 24.9 Å². The highest BCUT2D eigenvalue weighted by Gasteiger charge is 2.41. The zero-order chi connectivity index (χ0) is 16.7. The number of hydrogen-bond acceptors (Lipinski definition) is 4. The lowest BCUT2D eigenvalue weighted by Gasteiger charge is -2.51. The molecule has 4 heterocycles. The van der Waals surface area contributed by atoms with Gasteiger partial charge >= 0.3 is 0 Å². The van der Waals surface area contributed by atoms with Gasteiger partial charge in [0.05, 0.1) is 12.6 Å². The Morgan fingerprint density at radius 2 is 2.29 bits per heavy atom. The molecule has 24 heavy (non-hydrogen) atoms. The smallest absolute Gasteiger partial charge is 0.119 e. The molecule has 0 aliphatic carbocycles. The molecule has 3 saturated heterocycles. The predicted octanol–water partition coefficient (Wildman–Crippen LogP) is 3.14. The Labute approximate surface area is 143 Å². The van der Waals surface area contributed by atoms with E-state index >= 15 is 0 Å². The van der Waals surface area contributed by atoms with Gasteiger partial charge in [0, 0.05) is 30.2 Å². The van der Waals surface area contributed by atoms with E-state index in [4.69, 9.17) is 10.5 Å². The van der Waals surface area contributed by atoms with Gasteiger partial charge in [0.15, 0.2) is 0 Å². The second-order valence-corrected chi connectivity index (χ2v) is 7.06. The van der Waals surface area contributed by atoms with Crippen molar-refractivity contribution in [1.29, 1.82) is 0 Å². The average Bonchev–Trinajstić information content (AvgIpc) is 2.66. The Bertz CT molecular complexity index is 760. The first-order chi connectivity index (χ1) is 11.7. The van der Waals surface area contributed by atoms with Crippen molar-refractivity contribution in [1.82, 2.24) is 9.88 Å². The van der Waals surface area contributed by atoms with Gasteiger partial charge in [-0.1, -0.05) is 6.08 Å². The van der Waals surface area contributed by atoms with E-state index in [9.17, 15) is 0 Å². The fraction of sp³-hybridized carbons (Fsp3) is 0.450. The van der Waals surface area contributed by atoms with Crippen LogP contribution in [0, 0.1) is 11.8 Å². The first kappa shape index (κ1) is 15.6. The maximum Gasteiger partial charge on any atom is 0.119 e. The van der Waals surface area contributed by atoms with Crippen LogP contribution in [0.5, 0.6) is 5.75 Å². The number of pyridine rings is 1. The summed E-state index contributed by atoms with van der Waals surface area (Å²) < 4.78 is 5.39. The fourth-order valence-electron chi connectivity index (χ4n) is 4.52. The summed E-state index contributed by atoms with van der Waals surface area (Å²) in [5, 5.41) is 1.10. The highest BCUT2D eigenvalue weighted by Crippen LogP contribution is 2.41. The number of rotatable bonds is 4. The molecular weight excluding hydrogens is 298 g/mol. The van der Waals surface area contributed by atoms with E-state index < -0.39 is 0 Å². The lowest BCUT2D eigenvalue weighted by Crippen LogP contribution is -2.56. The van der Waals surface area contributed by atoms with Gasteiger partial charge in [-0.15, -0.1) is 6.58 Å². The van der Waals surface area contributed by atoms with E-state index in [1.807, 2.05) is 18.3 Å². The number of piperidine rings is 3. The van der Waals surface area contributed by atoms with Gasteiger partial charge in [0.1, 0.15) is 5.75 Å². The predicted molar refractivity (Wildman–Crippen MR) is 97.0 cm³/mol. The van der Waals surface area contributed by atoms with Crippen LogP contribution in [0.4, 0.5) is 0 Å². The molecule has 3 aliphatic rings. The molecule has 0 amide bonds. The molecule has 0 radical (unpaired) electrons. The Morgan fingerprint density at radius 1 is 1.42 bits per heavy atom. The van der Waals surface area contributed by atoms with Crippen LogP contribution in [-0.4, -0.2) is 36.1 Å². The minimum atomic E-state index is -0.00354. The number of aromatic nitrogens is 1. The lowest BCUT2D eigenvalue weighted by atomic mass is 9.73. The zero-order valence-electron chi connectivity index (χ0n) is 14.2. The second kappa shape index (κ2) is 6.19. The van der Waals surface area contributed by atoms with Crippen LogP contribution in [0.3, 0.4) is 0 Å². The van der Waals surface area contributed by atoms with Crippen molar-refractivity contribution in [3.63, 3.8) is 0 Å². The van der Waals surface area contributed by atoms with Crippen LogP contribution in [0.15, 0.2) is 43.1 Å². The number of hydrogen-bond donors (Lipinski definition) is 1. The summed E-state index contributed by atoms with van der Waals surface area (Å²) in [5.41, 5.74) is 8.91. The van der Waals surface area contributed by atoms with Crippen molar-refractivity contribution in [3.05, 3.63) is 48.7 Å².